The highest BCUT2D eigenvalue weighted by molar-refractivity contribution is 9.10. The van der Waals surface area contributed by atoms with Crippen molar-refractivity contribution in [3.8, 4) is 0 Å². The van der Waals surface area contributed by atoms with Gasteiger partial charge in [-0.1, -0.05) is 15.9 Å². The van der Waals surface area contributed by atoms with Crippen LogP contribution in [0.2, 0.25) is 0 Å². The molecule has 0 spiro atoms. The lowest BCUT2D eigenvalue weighted by atomic mass is 10.0. The number of hydrazine groups is 1. The minimum Gasteiger partial charge on any atom is -0.312 e. The highest BCUT2D eigenvalue weighted by atomic mass is 79.9. The molecule has 0 aromatic heterocycles. The SMILES string of the molecule is CC1NNCC1CNCc1cc(Br)ccc1F. The summed E-state index contributed by atoms with van der Waals surface area (Å²) in [6.45, 7) is 4.54. The van der Waals surface area contributed by atoms with Gasteiger partial charge in [-0.15, -0.1) is 0 Å². The first-order valence-electron chi connectivity index (χ1n) is 5.80. The predicted octanol–water partition coefficient (Wildman–Crippen LogP) is 1.79. The molecule has 5 heteroatoms. The van der Waals surface area contributed by atoms with E-state index in [1.807, 2.05) is 6.07 Å². The summed E-state index contributed by atoms with van der Waals surface area (Å²) in [6, 6.07) is 5.47. The molecule has 2 rings (SSSR count). The molecule has 17 heavy (non-hydrogen) atoms. The second-order valence-electron chi connectivity index (χ2n) is 4.44. The molecule has 0 bridgehead atoms. The summed E-state index contributed by atoms with van der Waals surface area (Å²) >= 11 is 3.35. The normalized spacial score (nSPS) is 24.2. The van der Waals surface area contributed by atoms with E-state index in [2.05, 4.69) is 39.0 Å². The molecular weight excluding hydrogens is 285 g/mol. The fourth-order valence-corrected chi connectivity index (χ4v) is 2.37. The minimum atomic E-state index is -0.156. The molecule has 0 aliphatic carbocycles. The lowest BCUT2D eigenvalue weighted by molar-refractivity contribution is 0.450. The second-order valence-corrected chi connectivity index (χ2v) is 5.36. The smallest absolute Gasteiger partial charge is 0.127 e. The van der Waals surface area contributed by atoms with E-state index in [4.69, 9.17) is 0 Å². The van der Waals surface area contributed by atoms with E-state index in [1.165, 1.54) is 6.07 Å². The molecule has 1 saturated heterocycles. The Hall–Kier alpha value is -0.490. The summed E-state index contributed by atoms with van der Waals surface area (Å²) in [6.07, 6.45) is 0. The quantitative estimate of drug-likeness (QED) is 0.793. The molecule has 2 unspecified atom stereocenters. The van der Waals surface area contributed by atoms with E-state index in [1.54, 1.807) is 6.07 Å². The van der Waals surface area contributed by atoms with Gasteiger partial charge in [0.25, 0.3) is 0 Å². The van der Waals surface area contributed by atoms with Gasteiger partial charge in [-0.05, 0) is 25.1 Å². The van der Waals surface area contributed by atoms with E-state index in [0.29, 0.717) is 24.1 Å². The Bertz CT molecular complexity index is 386. The van der Waals surface area contributed by atoms with Crippen LogP contribution in [0.3, 0.4) is 0 Å². The van der Waals surface area contributed by atoms with Gasteiger partial charge >= 0.3 is 0 Å². The van der Waals surface area contributed by atoms with E-state index in [9.17, 15) is 4.39 Å². The Morgan fingerprint density at radius 3 is 3.06 bits per heavy atom. The first-order valence-corrected chi connectivity index (χ1v) is 6.59. The lowest BCUT2D eigenvalue weighted by Gasteiger charge is -2.14. The average Bonchev–Trinajstić information content (AvgIpc) is 2.70. The van der Waals surface area contributed by atoms with Gasteiger partial charge in [0.15, 0.2) is 0 Å². The van der Waals surface area contributed by atoms with Gasteiger partial charge in [-0.3, -0.25) is 10.9 Å². The van der Waals surface area contributed by atoms with Crippen LogP contribution in [0.4, 0.5) is 4.39 Å². The molecule has 3 nitrogen and oxygen atoms in total. The van der Waals surface area contributed by atoms with E-state index < -0.39 is 0 Å². The molecule has 2 atom stereocenters. The Morgan fingerprint density at radius 2 is 2.35 bits per heavy atom. The van der Waals surface area contributed by atoms with Crippen molar-refractivity contribution in [2.45, 2.75) is 19.5 Å². The highest BCUT2D eigenvalue weighted by Crippen LogP contribution is 2.15. The summed E-state index contributed by atoms with van der Waals surface area (Å²) in [4.78, 5) is 0. The van der Waals surface area contributed by atoms with Crippen molar-refractivity contribution in [3.05, 3.63) is 34.1 Å². The fraction of sp³-hybridized carbons (Fsp3) is 0.500. The van der Waals surface area contributed by atoms with Crippen molar-refractivity contribution in [1.82, 2.24) is 16.2 Å². The van der Waals surface area contributed by atoms with Crippen molar-refractivity contribution < 1.29 is 4.39 Å². The van der Waals surface area contributed by atoms with E-state index in [0.717, 1.165) is 17.6 Å². The molecule has 3 N–H and O–H groups in total. The van der Waals surface area contributed by atoms with Gasteiger partial charge in [0, 0.05) is 41.6 Å². The first kappa shape index (κ1) is 13.0. The Kier molecular flexibility index (Phi) is 4.50. The van der Waals surface area contributed by atoms with Gasteiger partial charge in [0.1, 0.15) is 5.82 Å². The zero-order valence-electron chi connectivity index (χ0n) is 9.76. The maximum Gasteiger partial charge on any atom is 0.127 e. The third kappa shape index (κ3) is 3.48. The van der Waals surface area contributed by atoms with Gasteiger partial charge in [-0.2, -0.15) is 0 Å². The minimum absolute atomic E-state index is 0.156. The van der Waals surface area contributed by atoms with Gasteiger partial charge in [-0.25, -0.2) is 4.39 Å². The molecule has 0 saturated carbocycles. The molecule has 1 aliphatic heterocycles. The number of nitrogens with one attached hydrogen (secondary N) is 3. The largest absolute Gasteiger partial charge is 0.312 e. The maximum atomic E-state index is 13.5. The highest BCUT2D eigenvalue weighted by Gasteiger charge is 2.21. The number of rotatable bonds is 4. The number of benzene rings is 1. The monoisotopic (exact) mass is 301 g/mol. The predicted molar refractivity (Wildman–Crippen MR) is 69.9 cm³/mol. The topological polar surface area (TPSA) is 36.1 Å². The van der Waals surface area contributed by atoms with Crippen molar-refractivity contribution in [2.75, 3.05) is 13.1 Å². The van der Waals surface area contributed by atoms with Crippen LogP contribution >= 0.6 is 15.9 Å². The van der Waals surface area contributed by atoms with E-state index >= 15 is 0 Å². The molecule has 1 aromatic carbocycles. The summed E-state index contributed by atoms with van der Waals surface area (Å²) in [5, 5.41) is 3.30. The molecule has 94 valence electrons. The Balaban J connectivity index is 1.83. The maximum absolute atomic E-state index is 13.5. The molecule has 1 fully saturated rings. The Morgan fingerprint density at radius 1 is 1.53 bits per heavy atom. The third-order valence-electron chi connectivity index (χ3n) is 3.13. The molecular formula is C12H17BrFN3. The zero-order chi connectivity index (χ0) is 12.3. The summed E-state index contributed by atoms with van der Waals surface area (Å²) in [5.41, 5.74) is 6.99. The lowest BCUT2D eigenvalue weighted by Crippen LogP contribution is -2.32. The summed E-state index contributed by atoms with van der Waals surface area (Å²) < 4.78 is 14.4. The second kappa shape index (κ2) is 5.91. The van der Waals surface area contributed by atoms with Gasteiger partial charge in [0.05, 0.1) is 0 Å². The van der Waals surface area contributed by atoms with Crippen LogP contribution in [-0.2, 0) is 6.54 Å². The fourth-order valence-electron chi connectivity index (χ4n) is 1.97. The van der Waals surface area contributed by atoms with Crippen LogP contribution in [0.5, 0.6) is 0 Å². The summed E-state index contributed by atoms with van der Waals surface area (Å²) in [7, 11) is 0. The van der Waals surface area contributed by atoms with Crippen LogP contribution in [-0.4, -0.2) is 19.1 Å². The standard InChI is InChI=1S/C12H17BrFN3/c1-8-10(7-16-17-8)6-15-5-9-4-11(13)2-3-12(9)14/h2-4,8,10,15-17H,5-7H2,1H3. The zero-order valence-corrected chi connectivity index (χ0v) is 11.3. The van der Waals surface area contributed by atoms with Gasteiger partial charge < -0.3 is 5.32 Å². The van der Waals surface area contributed by atoms with Crippen LogP contribution in [0.25, 0.3) is 0 Å². The van der Waals surface area contributed by atoms with Gasteiger partial charge in [0.2, 0.25) is 0 Å². The molecule has 1 aliphatic rings. The van der Waals surface area contributed by atoms with Crippen molar-refractivity contribution in [2.24, 2.45) is 5.92 Å². The van der Waals surface area contributed by atoms with Crippen LogP contribution in [0, 0.1) is 11.7 Å². The van der Waals surface area contributed by atoms with Crippen LogP contribution < -0.4 is 16.2 Å². The molecule has 0 amide bonds. The molecule has 0 radical (unpaired) electrons. The van der Waals surface area contributed by atoms with Crippen LogP contribution in [0.15, 0.2) is 22.7 Å². The molecule has 1 aromatic rings. The summed E-state index contributed by atoms with van der Waals surface area (Å²) in [5.74, 6) is 0.390. The van der Waals surface area contributed by atoms with Crippen LogP contribution in [0.1, 0.15) is 12.5 Å². The van der Waals surface area contributed by atoms with Crippen molar-refractivity contribution in [1.29, 1.82) is 0 Å². The number of hydrogen-bond acceptors (Lipinski definition) is 3. The molecule has 1 heterocycles. The average molecular weight is 302 g/mol. The van der Waals surface area contributed by atoms with Crippen molar-refractivity contribution >= 4 is 15.9 Å². The first-order chi connectivity index (χ1) is 8.16. The van der Waals surface area contributed by atoms with E-state index in [-0.39, 0.29) is 5.82 Å². The third-order valence-corrected chi connectivity index (χ3v) is 3.62. The number of hydrogen-bond donors (Lipinski definition) is 3. The Labute approximate surface area is 109 Å². The number of halogens is 2. The van der Waals surface area contributed by atoms with Crippen molar-refractivity contribution in [3.63, 3.8) is 0 Å².